The van der Waals surface area contributed by atoms with Crippen LogP contribution in [0.15, 0.2) is 42.5 Å². The summed E-state index contributed by atoms with van der Waals surface area (Å²) in [4.78, 5) is 16.0. The lowest BCUT2D eigenvalue weighted by Gasteiger charge is -2.65. The van der Waals surface area contributed by atoms with E-state index in [2.05, 4.69) is 25.3 Å². The van der Waals surface area contributed by atoms with Gasteiger partial charge in [-0.15, -0.1) is 0 Å². The molecule has 5 nitrogen and oxygen atoms in total. The zero-order valence-electron chi connectivity index (χ0n) is 20.3. The molecule has 0 radical (unpaired) electrons. The molecular weight excluding hydrogens is 426 g/mol. The van der Waals surface area contributed by atoms with E-state index in [4.69, 9.17) is 4.74 Å². The van der Waals surface area contributed by atoms with Gasteiger partial charge < -0.3 is 14.9 Å². The molecule has 1 heterocycles. The highest BCUT2D eigenvalue weighted by atomic mass is 16.5. The monoisotopic (exact) mass is 463 g/mol. The predicted octanol–water partition coefficient (Wildman–Crippen LogP) is 3.66. The Kier molecular flexibility index (Phi) is 4.28. The van der Waals surface area contributed by atoms with Crippen molar-refractivity contribution < 1.29 is 19.7 Å². The third-order valence-corrected chi connectivity index (χ3v) is 11.8. The summed E-state index contributed by atoms with van der Waals surface area (Å²) in [6, 6.07) is 9.53. The zero-order valence-corrected chi connectivity index (χ0v) is 20.3. The van der Waals surface area contributed by atoms with Gasteiger partial charge in [-0.3, -0.25) is 4.90 Å². The maximum absolute atomic E-state index is 13.3. The molecular formula is C29H37NO4. The van der Waals surface area contributed by atoms with Crippen LogP contribution >= 0.6 is 0 Å². The maximum atomic E-state index is 13.3. The summed E-state index contributed by atoms with van der Waals surface area (Å²) in [5.74, 6) is 0.658. The summed E-state index contributed by atoms with van der Waals surface area (Å²) in [6.07, 6.45) is 3.31. The van der Waals surface area contributed by atoms with Crippen molar-refractivity contribution >= 4 is 5.97 Å². The molecule has 0 aromatic heterocycles. The van der Waals surface area contributed by atoms with E-state index in [1.165, 1.54) is 0 Å². The molecule has 6 aliphatic rings. The van der Waals surface area contributed by atoms with Gasteiger partial charge in [0.15, 0.2) is 0 Å². The normalized spacial score (nSPS) is 52.5. The summed E-state index contributed by atoms with van der Waals surface area (Å²) < 4.78 is 6.39. The summed E-state index contributed by atoms with van der Waals surface area (Å²) in [5.41, 5.74) is 1.21. The van der Waals surface area contributed by atoms with Crippen LogP contribution in [-0.4, -0.2) is 58.5 Å². The fourth-order valence-electron chi connectivity index (χ4n) is 10.9. The van der Waals surface area contributed by atoms with Crippen LogP contribution in [-0.2, 0) is 4.74 Å². The lowest BCUT2D eigenvalue weighted by molar-refractivity contribution is -0.218. The Balaban J connectivity index is 1.38. The number of ether oxygens (including phenoxy) is 1. The molecule has 11 atom stereocenters. The second-order valence-electron chi connectivity index (χ2n) is 12.6. The first kappa shape index (κ1) is 21.6. The van der Waals surface area contributed by atoms with Crippen LogP contribution in [0, 0.1) is 39.9 Å². The van der Waals surface area contributed by atoms with Crippen LogP contribution < -0.4 is 0 Å². The Bertz CT molecular complexity index is 1060. The third kappa shape index (κ3) is 2.22. The number of aliphatic hydroxyl groups excluding tert-OH is 2. The number of hydrogen-bond donors (Lipinski definition) is 2. The highest BCUT2D eigenvalue weighted by Gasteiger charge is 2.85. The number of carbonyl (C=O) groups is 1. The summed E-state index contributed by atoms with van der Waals surface area (Å²) in [6.45, 7) is 11.2. The van der Waals surface area contributed by atoms with Crippen molar-refractivity contribution in [3.63, 3.8) is 0 Å². The first-order chi connectivity index (χ1) is 16.3. The number of carbonyl (C=O) groups excluding carboxylic acids is 1. The molecule has 1 unspecified atom stereocenters. The van der Waals surface area contributed by atoms with Crippen molar-refractivity contribution in [3.05, 3.63) is 48.0 Å². The average Bonchev–Trinajstić information content (AvgIpc) is 3.37. The smallest absolute Gasteiger partial charge is 0.338 e. The number of benzene rings is 1. The van der Waals surface area contributed by atoms with Gasteiger partial charge >= 0.3 is 5.97 Å². The highest BCUT2D eigenvalue weighted by molar-refractivity contribution is 5.89. The van der Waals surface area contributed by atoms with Gasteiger partial charge in [0.25, 0.3) is 0 Å². The van der Waals surface area contributed by atoms with Crippen LogP contribution in [0.1, 0.15) is 56.3 Å². The molecule has 7 bridgehead atoms. The van der Waals surface area contributed by atoms with E-state index in [9.17, 15) is 15.0 Å². The molecule has 7 rings (SSSR count). The van der Waals surface area contributed by atoms with E-state index < -0.39 is 12.2 Å². The van der Waals surface area contributed by atoms with Gasteiger partial charge in [0, 0.05) is 29.3 Å². The number of hydrogen-bond acceptors (Lipinski definition) is 5. The first-order valence-corrected chi connectivity index (χ1v) is 13.3. The fourth-order valence-corrected chi connectivity index (χ4v) is 10.9. The van der Waals surface area contributed by atoms with Gasteiger partial charge in [-0.1, -0.05) is 38.6 Å². The van der Waals surface area contributed by atoms with E-state index in [0.29, 0.717) is 29.9 Å². The number of esters is 1. The van der Waals surface area contributed by atoms with Gasteiger partial charge in [-0.05, 0) is 79.5 Å². The summed E-state index contributed by atoms with van der Waals surface area (Å²) in [5, 5.41) is 23.2. The molecule has 5 aliphatic carbocycles. The lowest BCUT2D eigenvalue weighted by atomic mass is 9.43. The molecule has 34 heavy (non-hydrogen) atoms. The second kappa shape index (κ2) is 6.74. The maximum Gasteiger partial charge on any atom is 0.338 e. The molecule has 182 valence electrons. The van der Waals surface area contributed by atoms with Crippen LogP contribution in [0.2, 0.25) is 0 Å². The van der Waals surface area contributed by atoms with E-state index in [0.717, 1.165) is 44.3 Å². The SMILES string of the molecule is C=C1[C@@H](OC(=O)c2ccccc2)[C@]23C[C@@H]1[C@@H](O)C[C@H]2[C@@]12C4[C@H]3C[C@@H]1[C@@](C)(CC[C@@H]2O)CN4CC. The summed E-state index contributed by atoms with van der Waals surface area (Å²) >= 11 is 0. The van der Waals surface area contributed by atoms with Gasteiger partial charge in [0.05, 0.1) is 17.8 Å². The molecule has 1 aliphatic heterocycles. The minimum Gasteiger partial charge on any atom is -0.454 e. The number of likely N-dealkylation sites (tertiary alicyclic amines) is 1. The Morgan fingerprint density at radius 1 is 1.21 bits per heavy atom. The average molecular weight is 464 g/mol. The van der Waals surface area contributed by atoms with Crippen LogP contribution in [0.4, 0.5) is 0 Å². The molecule has 1 aromatic carbocycles. The summed E-state index contributed by atoms with van der Waals surface area (Å²) in [7, 11) is 0. The van der Waals surface area contributed by atoms with Gasteiger partial charge in [0.2, 0.25) is 0 Å². The molecule has 2 spiro atoms. The molecule has 0 amide bonds. The Morgan fingerprint density at radius 2 is 1.97 bits per heavy atom. The van der Waals surface area contributed by atoms with Crippen molar-refractivity contribution in [3.8, 4) is 0 Å². The van der Waals surface area contributed by atoms with E-state index in [1.54, 1.807) is 12.1 Å². The van der Waals surface area contributed by atoms with Crippen LogP contribution in [0.3, 0.4) is 0 Å². The first-order valence-electron chi connectivity index (χ1n) is 13.3. The lowest BCUT2D eigenvalue weighted by Crippen LogP contribution is -2.68. The number of piperidine rings is 1. The molecule has 1 saturated heterocycles. The topological polar surface area (TPSA) is 70.0 Å². The van der Waals surface area contributed by atoms with Crippen LogP contribution in [0.5, 0.6) is 0 Å². The van der Waals surface area contributed by atoms with Crippen molar-refractivity contribution in [1.82, 2.24) is 4.90 Å². The molecule has 1 aromatic rings. The van der Waals surface area contributed by atoms with Crippen molar-refractivity contribution in [2.45, 2.75) is 70.3 Å². The standard InChI is InChI=1S/C29H37NO4/c1-4-30-15-27(3)11-10-23(32)29-21(27)12-19(24(29)30)28-14-18(20(31)13-22(28)29)16(2)25(28)34-26(33)17-8-6-5-7-9-17/h5-9,18-25,31-32H,2,4,10-15H2,1,3H3/t18-,19+,20-,21+,22+,23-,24?,25+,27-,28-,29-/m0/s1. The Labute approximate surface area is 202 Å². The highest BCUT2D eigenvalue weighted by Crippen LogP contribution is 2.83. The number of aliphatic hydroxyl groups is 2. The third-order valence-electron chi connectivity index (χ3n) is 11.8. The van der Waals surface area contributed by atoms with Crippen molar-refractivity contribution in [1.29, 1.82) is 0 Å². The largest absolute Gasteiger partial charge is 0.454 e. The van der Waals surface area contributed by atoms with E-state index in [1.807, 2.05) is 18.2 Å². The number of rotatable bonds is 3. The minimum absolute atomic E-state index is 0.0254. The van der Waals surface area contributed by atoms with Crippen molar-refractivity contribution in [2.24, 2.45) is 39.9 Å². The van der Waals surface area contributed by atoms with Gasteiger partial charge in [-0.25, -0.2) is 4.79 Å². The Morgan fingerprint density at radius 3 is 2.71 bits per heavy atom. The van der Waals surface area contributed by atoms with Crippen LogP contribution in [0.25, 0.3) is 0 Å². The quantitative estimate of drug-likeness (QED) is 0.529. The molecule has 5 saturated carbocycles. The number of fused-ring (bicyclic) bond motifs is 1. The predicted molar refractivity (Wildman–Crippen MR) is 128 cm³/mol. The Hall–Kier alpha value is -1.69. The minimum atomic E-state index is -0.476. The molecule has 2 N–H and O–H groups in total. The number of nitrogens with zero attached hydrogens (tertiary/aromatic N) is 1. The van der Waals surface area contributed by atoms with Gasteiger partial charge in [0.1, 0.15) is 6.10 Å². The molecule has 6 fully saturated rings. The van der Waals surface area contributed by atoms with Gasteiger partial charge in [-0.2, -0.15) is 0 Å². The zero-order chi connectivity index (χ0) is 23.6. The second-order valence-corrected chi connectivity index (χ2v) is 12.6. The van der Waals surface area contributed by atoms with Crippen molar-refractivity contribution in [2.75, 3.05) is 13.1 Å². The fraction of sp³-hybridized carbons (Fsp3) is 0.690. The molecule has 5 heteroatoms. The van der Waals surface area contributed by atoms with E-state index in [-0.39, 0.29) is 40.2 Å². The van der Waals surface area contributed by atoms with E-state index >= 15 is 0 Å².